The third-order valence-electron chi connectivity index (χ3n) is 3.31. The van der Waals surface area contributed by atoms with Crippen molar-refractivity contribution in [1.82, 2.24) is 10.6 Å². The lowest BCUT2D eigenvalue weighted by atomic mass is 10.1. The van der Waals surface area contributed by atoms with Gasteiger partial charge in [-0.25, -0.2) is 0 Å². The predicted octanol–water partition coefficient (Wildman–Crippen LogP) is 2.40. The zero-order valence-corrected chi connectivity index (χ0v) is 12.9. The van der Waals surface area contributed by atoms with Gasteiger partial charge < -0.3 is 15.4 Å². The van der Waals surface area contributed by atoms with Crippen LogP contribution in [0.4, 0.5) is 0 Å². The summed E-state index contributed by atoms with van der Waals surface area (Å²) >= 11 is 0. The number of hydrogen-bond donors (Lipinski definition) is 2. The minimum absolute atomic E-state index is 0.768. The highest BCUT2D eigenvalue weighted by molar-refractivity contribution is 5.79. The fourth-order valence-corrected chi connectivity index (χ4v) is 1.88. The van der Waals surface area contributed by atoms with Crippen molar-refractivity contribution in [2.75, 3.05) is 33.4 Å². The van der Waals surface area contributed by atoms with E-state index in [1.54, 1.807) is 0 Å². The molecule has 2 N–H and O–H groups in total. The number of ether oxygens (including phenoxy) is 1. The van der Waals surface area contributed by atoms with Crippen molar-refractivity contribution in [2.24, 2.45) is 16.8 Å². The van der Waals surface area contributed by atoms with Crippen LogP contribution in [0.2, 0.25) is 0 Å². The quantitative estimate of drug-likeness (QED) is 0.364. The monoisotopic (exact) mass is 269 g/mol. The van der Waals surface area contributed by atoms with E-state index < -0.39 is 0 Å². The van der Waals surface area contributed by atoms with Crippen molar-refractivity contribution in [3.8, 4) is 0 Å². The van der Waals surface area contributed by atoms with Gasteiger partial charge in [0.1, 0.15) is 0 Å². The summed E-state index contributed by atoms with van der Waals surface area (Å²) in [6, 6.07) is 0. The van der Waals surface area contributed by atoms with Gasteiger partial charge in [0.2, 0.25) is 0 Å². The van der Waals surface area contributed by atoms with Crippen LogP contribution in [0.5, 0.6) is 0 Å². The van der Waals surface area contributed by atoms with Crippen molar-refractivity contribution in [1.29, 1.82) is 0 Å². The molecule has 0 atom stereocenters. The number of aliphatic imine (C=N–C) groups is 1. The fourth-order valence-electron chi connectivity index (χ4n) is 1.88. The van der Waals surface area contributed by atoms with Crippen LogP contribution in [0, 0.1) is 11.8 Å². The maximum absolute atomic E-state index is 5.58. The average molecular weight is 269 g/mol. The molecule has 0 spiro atoms. The van der Waals surface area contributed by atoms with Gasteiger partial charge in [0.15, 0.2) is 5.96 Å². The van der Waals surface area contributed by atoms with Crippen LogP contribution in [0.15, 0.2) is 4.99 Å². The second-order valence-corrected chi connectivity index (χ2v) is 5.83. The molecule has 0 aliphatic heterocycles. The van der Waals surface area contributed by atoms with Crippen LogP contribution in [-0.2, 0) is 4.74 Å². The standard InChI is InChI=1S/C15H31N3O/c1-13(2)6-4-5-9-17-15(16-3)18-10-11-19-12-14-7-8-14/h13-14H,4-12H2,1-3H3,(H2,16,17,18). The largest absolute Gasteiger partial charge is 0.379 e. The van der Waals surface area contributed by atoms with Crippen molar-refractivity contribution < 1.29 is 4.74 Å². The highest BCUT2D eigenvalue weighted by Gasteiger charge is 2.20. The van der Waals surface area contributed by atoms with Gasteiger partial charge in [0.25, 0.3) is 0 Å². The number of rotatable bonds is 10. The first-order valence-electron chi connectivity index (χ1n) is 7.74. The Morgan fingerprint density at radius 2 is 1.95 bits per heavy atom. The van der Waals surface area contributed by atoms with Gasteiger partial charge in [-0.1, -0.05) is 26.7 Å². The molecule has 1 aliphatic carbocycles. The van der Waals surface area contributed by atoms with E-state index in [-0.39, 0.29) is 0 Å². The summed E-state index contributed by atoms with van der Waals surface area (Å²) in [4.78, 5) is 4.20. The molecule has 19 heavy (non-hydrogen) atoms. The first kappa shape index (κ1) is 16.3. The first-order valence-corrected chi connectivity index (χ1v) is 7.74. The lowest BCUT2D eigenvalue weighted by Crippen LogP contribution is -2.39. The molecule has 0 heterocycles. The fraction of sp³-hybridized carbons (Fsp3) is 0.933. The van der Waals surface area contributed by atoms with Crippen molar-refractivity contribution >= 4 is 5.96 Å². The van der Waals surface area contributed by atoms with E-state index in [2.05, 4.69) is 29.5 Å². The normalized spacial score (nSPS) is 15.9. The van der Waals surface area contributed by atoms with E-state index in [1.807, 2.05) is 7.05 Å². The van der Waals surface area contributed by atoms with Crippen LogP contribution in [0.25, 0.3) is 0 Å². The molecule has 0 amide bonds. The topological polar surface area (TPSA) is 45.7 Å². The molecule has 4 nitrogen and oxygen atoms in total. The molecular weight excluding hydrogens is 238 g/mol. The SMILES string of the molecule is CN=C(NCCCCC(C)C)NCCOCC1CC1. The summed E-state index contributed by atoms with van der Waals surface area (Å²) in [6.07, 6.45) is 6.51. The lowest BCUT2D eigenvalue weighted by Gasteiger charge is -2.12. The van der Waals surface area contributed by atoms with Crippen molar-refractivity contribution in [3.05, 3.63) is 0 Å². The van der Waals surface area contributed by atoms with Gasteiger partial charge in [-0.05, 0) is 31.1 Å². The molecule has 0 unspecified atom stereocenters. The number of unbranched alkanes of at least 4 members (excludes halogenated alkanes) is 1. The van der Waals surface area contributed by atoms with Gasteiger partial charge >= 0.3 is 0 Å². The molecule has 0 bridgehead atoms. The lowest BCUT2D eigenvalue weighted by molar-refractivity contribution is 0.129. The number of nitrogens with zero attached hydrogens (tertiary/aromatic N) is 1. The summed E-state index contributed by atoms with van der Waals surface area (Å²) in [6.45, 7) is 8.08. The Morgan fingerprint density at radius 1 is 1.21 bits per heavy atom. The van der Waals surface area contributed by atoms with E-state index in [4.69, 9.17) is 4.74 Å². The zero-order chi connectivity index (χ0) is 13.9. The number of nitrogens with one attached hydrogen (secondary N) is 2. The van der Waals surface area contributed by atoms with Crippen molar-refractivity contribution in [2.45, 2.75) is 46.0 Å². The number of hydrogen-bond acceptors (Lipinski definition) is 2. The minimum Gasteiger partial charge on any atom is -0.379 e. The number of guanidine groups is 1. The third kappa shape index (κ3) is 9.77. The summed E-state index contributed by atoms with van der Waals surface area (Å²) < 4.78 is 5.58. The summed E-state index contributed by atoms with van der Waals surface area (Å²) in [5, 5.41) is 6.62. The molecule has 0 aromatic heterocycles. The second-order valence-electron chi connectivity index (χ2n) is 5.83. The van der Waals surface area contributed by atoms with Crippen LogP contribution < -0.4 is 10.6 Å². The van der Waals surface area contributed by atoms with Gasteiger partial charge in [-0.3, -0.25) is 4.99 Å². The smallest absolute Gasteiger partial charge is 0.191 e. The molecule has 112 valence electrons. The molecule has 1 saturated carbocycles. The van der Waals surface area contributed by atoms with Crippen LogP contribution >= 0.6 is 0 Å². The van der Waals surface area contributed by atoms with E-state index in [0.717, 1.165) is 44.1 Å². The molecular formula is C15H31N3O. The van der Waals surface area contributed by atoms with E-state index in [1.165, 1.54) is 32.1 Å². The minimum atomic E-state index is 0.768. The second kappa shape index (κ2) is 10.1. The summed E-state index contributed by atoms with van der Waals surface area (Å²) in [7, 11) is 1.81. The molecule has 0 radical (unpaired) electrons. The van der Waals surface area contributed by atoms with Crippen LogP contribution in [0.1, 0.15) is 46.0 Å². The Bertz CT molecular complexity index is 236. The molecule has 4 heteroatoms. The van der Waals surface area contributed by atoms with Gasteiger partial charge in [-0.2, -0.15) is 0 Å². The maximum atomic E-state index is 5.58. The third-order valence-corrected chi connectivity index (χ3v) is 3.31. The van der Waals surface area contributed by atoms with E-state index in [9.17, 15) is 0 Å². The Labute approximate surface area is 118 Å². The van der Waals surface area contributed by atoms with Crippen LogP contribution in [0.3, 0.4) is 0 Å². The average Bonchev–Trinajstić information content (AvgIpc) is 3.19. The Hall–Kier alpha value is -0.770. The molecule has 0 saturated heterocycles. The predicted molar refractivity (Wildman–Crippen MR) is 81.6 cm³/mol. The van der Waals surface area contributed by atoms with E-state index >= 15 is 0 Å². The van der Waals surface area contributed by atoms with Crippen LogP contribution in [-0.4, -0.2) is 39.3 Å². The summed E-state index contributed by atoms with van der Waals surface area (Å²) in [5.74, 6) is 2.54. The maximum Gasteiger partial charge on any atom is 0.191 e. The highest BCUT2D eigenvalue weighted by atomic mass is 16.5. The van der Waals surface area contributed by atoms with Gasteiger partial charge in [0, 0.05) is 26.7 Å². The van der Waals surface area contributed by atoms with Gasteiger partial charge in [-0.15, -0.1) is 0 Å². The zero-order valence-electron chi connectivity index (χ0n) is 12.9. The molecule has 0 aromatic rings. The summed E-state index contributed by atoms with van der Waals surface area (Å²) in [5.41, 5.74) is 0. The molecule has 1 rings (SSSR count). The van der Waals surface area contributed by atoms with Crippen molar-refractivity contribution in [3.63, 3.8) is 0 Å². The Kier molecular flexibility index (Phi) is 8.63. The Morgan fingerprint density at radius 3 is 2.58 bits per heavy atom. The molecule has 1 fully saturated rings. The first-order chi connectivity index (χ1) is 9.22. The Balaban J connectivity index is 1.90. The van der Waals surface area contributed by atoms with E-state index in [0.29, 0.717) is 0 Å². The molecule has 0 aromatic carbocycles. The molecule has 1 aliphatic rings. The highest BCUT2D eigenvalue weighted by Crippen LogP contribution is 2.28. The van der Waals surface area contributed by atoms with Gasteiger partial charge in [0.05, 0.1) is 6.61 Å².